The molecule has 7 nitrogen and oxygen atoms in total. The molecular weight excluding hydrogens is 288 g/mol. The van der Waals surface area contributed by atoms with Crippen molar-refractivity contribution in [3.05, 3.63) is 35.9 Å². The lowest BCUT2D eigenvalue weighted by atomic mass is 10.1. The Hall–Kier alpha value is -2.12. The number of carbonyl (C=O) groups excluding carboxylic acids is 1. The minimum Gasteiger partial charge on any atom is -0.480 e. The zero-order valence-corrected chi connectivity index (χ0v) is 12.7. The zero-order chi connectivity index (χ0) is 16.5. The predicted molar refractivity (Wildman–Crippen MR) is 80.4 cm³/mol. The second kappa shape index (κ2) is 9.01. The van der Waals surface area contributed by atoms with Gasteiger partial charge in [0.25, 0.3) is 0 Å². The molecule has 0 aromatic heterocycles. The average Bonchev–Trinajstić information content (AvgIpc) is 2.44. The molecule has 0 aliphatic rings. The van der Waals surface area contributed by atoms with Crippen molar-refractivity contribution >= 4 is 12.1 Å². The Balaban J connectivity index is 2.45. The topological polar surface area (TPSA) is 99.1 Å². The van der Waals surface area contributed by atoms with E-state index in [1.54, 1.807) is 31.1 Å². The van der Waals surface area contributed by atoms with E-state index in [2.05, 4.69) is 5.32 Å². The largest absolute Gasteiger partial charge is 0.480 e. The van der Waals surface area contributed by atoms with Crippen LogP contribution in [0, 0.1) is 0 Å². The molecule has 0 fully saturated rings. The van der Waals surface area contributed by atoms with E-state index in [4.69, 9.17) is 9.84 Å². The van der Waals surface area contributed by atoms with Gasteiger partial charge in [-0.05, 0) is 19.7 Å². The van der Waals surface area contributed by atoms with Crippen molar-refractivity contribution in [2.45, 2.75) is 25.2 Å². The monoisotopic (exact) mass is 310 g/mol. The van der Waals surface area contributed by atoms with Gasteiger partial charge in [0.1, 0.15) is 12.6 Å². The third-order valence-electron chi connectivity index (χ3n) is 2.89. The predicted octanol–water partition coefficient (Wildman–Crippen LogP) is 0.679. The summed E-state index contributed by atoms with van der Waals surface area (Å²) in [4.78, 5) is 24.5. The van der Waals surface area contributed by atoms with Crippen molar-refractivity contribution in [3.8, 4) is 0 Å². The summed E-state index contributed by atoms with van der Waals surface area (Å²) < 4.78 is 4.97. The Labute approximate surface area is 129 Å². The molecule has 1 rings (SSSR count). The number of nitrogens with one attached hydrogen (secondary N) is 1. The molecule has 2 unspecified atom stereocenters. The summed E-state index contributed by atoms with van der Waals surface area (Å²) in [6, 6.07) is 7.86. The van der Waals surface area contributed by atoms with E-state index >= 15 is 0 Å². The smallest absolute Gasteiger partial charge is 0.408 e. The van der Waals surface area contributed by atoms with Crippen LogP contribution >= 0.6 is 0 Å². The number of benzene rings is 1. The highest BCUT2D eigenvalue weighted by atomic mass is 16.5. The van der Waals surface area contributed by atoms with Crippen LogP contribution in [0.1, 0.15) is 12.0 Å². The number of aliphatic carboxylic acids is 1. The van der Waals surface area contributed by atoms with E-state index in [1.807, 2.05) is 18.2 Å². The number of carbonyl (C=O) groups is 2. The molecule has 0 heterocycles. The second-order valence-electron chi connectivity index (χ2n) is 5.25. The van der Waals surface area contributed by atoms with E-state index in [0.29, 0.717) is 6.54 Å². The van der Waals surface area contributed by atoms with Gasteiger partial charge in [0, 0.05) is 13.0 Å². The number of carboxylic acids is 1. The number of rotatable bonds is 8. The highest BCUT2D eigenvalue weighted by molar-refractivity contribution is 5.79. The maximum atomic E-state index is 11.6. The SMILES string of the molecule is CN(C)CC(O)CC(NC(=O)OCc1ccccc1)C(=O)O. The minimum atomic E-state index is -1.21. The van der Waals surface area contributed by atoms with Crippen LogP contribution < -0.4 is 5.32 Å². The van der Waals surface area contributed by atoms with Crippen molar-refractivity contribution in [1.82, 2.24) is 10.2 Å². The Kier molecular flexibility index (Phi) is 7.34. The standard InChI is InChI=1S/C15H22N2O5/c1-17(2)9-12(18)8-13(14(19)20)16-15(21)22-10-11-6-4-3-5-7-11/h3-7,12-13,18H,8-10H2,1-2H3,(H,16,21)(H,19,20). The van der Waals surface area contributed by atoms with Gasteiger partial charge in [-0.25, -0.2) is 9.59 Å². The average molecular weight is 310 g/mol. The fraction of sp³-hybridized carbons (Fsp3) is 0.467. The summed E-state index contributed by atoms with van der Waals surface area (Å²) >= 11 is 0. The first kappa shape index (κ1) is 17.9. The lowest BCUT2D eigenvalue weighted by Crippen LogP contribution is -2.44. The lowest BCUT2D eigenvalue weighted by Gasteiger charge is -2.20. The molecule has 22 heavy (non-hydrogen) atoms. The summed E-state index contributed by atoms with van der Waals surface area (Å²) in [5.74, 6) is -1.21. The number of hydrogen-bond donors (Lipinski definition) is 3. The number of likely N-dealkylation sites (N-methyl/N-ethyl adjacent to an activating group) is 1. The normalized spacial score (nSPS) is 13.5. The van der Waals surface area contributed by atoms with Gasteiger partial charge in [0.05, 0.1) is 6.10 Å². The van der Waals surface area contributed by atoms with E-state index in [-0.39, 0.29) is 13.0 Å². The summed E-state index contributed by atoms with van der Waals surface area (Å²) in [5, 5.41) is 21.1. The molecule has 3 N–H and O–H groups in total. The van der Waals surface area contributed by atoms with Crippen LogP contribution in [-0.2, 0) is 16.1 Å². The van der Waals surface area contributed by atoms with Crippen LogP contribution in [0.5, 0.6) is 0 Å². The Bertz CT molecular complexity index is 478. The lowest BCUT2D eigenvalue weighted by molar-refractivity contribution is -0.140. The van der Waals surface area contributed by atoms with Gasteiger partial charge in [-0.2, -0.15) is 0 Å². The third kappa shape index (κ3) is 7.05. The van der Waals surface area contributed by atoms with Crippen molar-refractivity contribution in [3.63, 3.8) is 0 Å². The summed E-state index contributed by atoms with van der Waals surface area (Å²) in [6.07, 6.45) is -1.77. The summed E-state index contributed by atoms with van der Waals surface area (Å²) in [5.41, 5.74) is 0.803. The van der Waals surface area contributed by atoms with E-state index in [1.165, 1.54) is 0 Å². The molecule has 122 valence electrons. The van der Waals surface area contributed by atoms with Gasteiger partial charge < -0.3 is 25.2 Å². The van der Waals surface area contributed by atoms with Crippen molar-refractivity contribution in [2.24, 2.45) is 0 Å². The molecule has 0 radical (unpaired) electrons. The van der Waals surface area contributed by atoms with E-state index in [0.717, 1.165) is 5.56 Å². The molecular formula is C15H22N2O5. The van der Waals surface area contributed by atoms with Crippen LogP contribution in [0.3, 0.4) is 0 Å². The number of alkyl carbamates (subject to hydrolysis) is 1. The number of aliphatic hydroxyl groups is 1. The molecule has 2 atom stereocenters. The van der Waals surface area contributed by atoms with Gasteiger partial charge in [0.2, 0.25) is 0 Å². The Morgan fingerprint density at radius 1 is 1.27 bits per heavy atom. The van der Waals surface area contributed by atoms with Crippen molar-refractivity contribution in [2.75, 3.05) is 20.6 Å². The van der Waals surface area contributed by atoms with Crippen LogP contribution in [0.2, 0.25) is 0 Å². The first-order valence-corrected chi connectivity index (χ1v) is 6.91. The van der Waals surface area contributed by atoms with Gasteiger partial charge >= 0.3 is 12.1 Å². The number of nitrogens with zero attached hydrogens (tertiary/aromatic N) is 1. The molecule has 0 spiro atoms. The minimum absolute atomic E-state index is 0.0548. The van der Waals surface area contributed by atoms with Crippen LogP contribution in [-0.4, -0.2) is 60.0 Å². The first-order chi connectivity index (χ1) is 10.4. The molecule has 0 aliphatic heterocycles. The van der Waals surface area contributed by atoms with Crippen molar-refractivity contribution in [1.29, 1.82) is 0 Å². The highest BCUT2D eigenvalue weighted by Crippen LogP contribution is 2.03. The fourth-order valence-electron chi connectivity index (χ4n) is 1.90. The van der Waals surface area contributed by atoms with Crippen LogP contribution in [0.4, 0.5) is 4.79 Å². The molecule has 0 bridgehead atoms. The third-order valence-corrected chi connectivity index (χ3v) is 2.89. The molecule has 0 saturated heterocycles. The molecule has 1 aromatic rings. The van der Waals surface area contributed by atoms with Gasteiger partial charge in [-0.3, -0.25) is 0 Å². The van der Waals surface area contributed by atoms with Gasteiger partial charge in [-0.1, -0.05) is 30.3 Å². The maximum absolute atomic E-state index is 11.6. The molecule has 1 amide bonds. The molecule has 7 heteroatoms. The zero-order valence-electron chi connectivity index (χ0n) is 12.7. The Morgan fingerprint density at radius 2 is 1.91 bits per heavy atom. The first-order valence-electron chi connectivity index (χ1n) is 6.91. The quantitative estimate of drug-likeness (QED) is 0.653. The second-order valence-corrected chi connectivity index (χ2v) is 5.25. The number of aliphatic hydroxyl groups excluding tert-OH is 1. The molecule has 1 aromatic carbocycles. The van der Waals surface area contributed by atoms with Crippen LogP contribution in [0.15, 0.2) is 30.3 Å². The summed E-state index contributed by atoms with van der Waals surface area (Å²) in [7, 11) is 3.53. The van der Waals surface area contributed by atoms with E-state index < -0.39 is 24.2 Å². The van der Waals surface area contributed by atoms with Gasteiger partial charge in [-0.15, -0.1) is 0 Å². The number of hydrogen-bond acceptors (Lipinski definition) is 5. The molecule has 0 aliphatic carbocycles. The van der Waals surface area contributed by atoms with Crippen molar-refractivity contribution < 1.29 is 24.5 Å². The number of carboxylic acid groups (broad SMARTS) is 1. The van der Waals surface area contributed by atoms with Crippen LogP contribution in [0.25, 0.3) is 0 Å². The number of amides is 1. The Morgan fingerprint density at radius 3 is 2.45 bits per heavy atom. The molecule has 0 saturated carbocycles. The summed E-state index contributed by atoms with van der Waals surface area (Å²) in [6.45, 7) is 0.365. The fourth-order valence-corrected chi connectivity index (χ4v) is 1.90. The maximum Gasteiger partial charge on any atom is 0.408 e. The van der Waals surface area contributed by atoms with E-state index in [9.17, 15) is 14.7 Å². The highest BCUT2D eigenvalue weighted by Gasteiger charge is 2.24. The van der Waals surface area contributed by atoms with Gasteiger partial charge in [0.15, 0.2) is 0 Å². The number of ether oxygens (including phenoxy) is 1.